The molecular weight excluding hydrogens is 404 g/mol. The topological polar surface area (TPSA) is 105 Å². The fourth-order valence-corrected chi connectivity index (χ4v) is 3.48. The number of rotatable bonds is 7. The minimum absolute atomic E-state index is 0.0961. The third-order valence-electron chi connectivity index (χ3n) is 3.72. The van der Waals surface area contributed by atoms with E-state index in [9.17, 15) is 13.2 Å². The highest BCUT2D eigenvalue weighted by Crippen LogP contribution is 2.25. The predicted molar refractivity (Wildman–Crippen MR) is 106 cm³/mol. The second-order valence-corrected chi connectivity index (χ2v) is 7.80. The van der Waals surface area contributed by atoms with Gasteiger partial charge in [-0.05, 0) is 46.7 Å². The second kappa shape index (κ2) is 8.28. The van der Waals surface area contributed by atoms with Gasteiger partial charge < -0.3 is 9.84 Å². The summed E-state index contributed by atoms with van der Waals surface area (Å²) >= 11 is 6.01. The summed E-state index contributed by atoms with van der Waals surface area (Å²) in [5.74, 6) is -0.914. The number of hydrazone groups is 1. The van der Waals surface area contributed by atoms with Crippen LogP contribution >= 0.6 is 11.6 Å². The van der Waals surface area contributed by atoms with Crippen LogP contribution in [0.1, 0.15) is 5.56 Å². The number of halogens is 1. The molecular formula is C19H15ClN2O5S. The van der Waals surface area contributed by atoms with Crippen LogP contribution in [0.5, 0.6) is 5.75 Å². The van der Waals surface area contributed by atoms with Gasteiger partial charge in [0.1, 0.15) is 5.75 Å². The molecule has 0 atom stereocenters. The van der Waals surface area contributed by atoms with Crippen LogP contribution in [0.15, 0.2) is 70.7 Å². The first-order chi connectivity index (χ1) is 13.3. The molecule has 9 heteroatoms. The quantitative estimate of drug-likeness (QED) is 0.452. The van der Waals surface area contributed by atoms with Crippen molar-refractivity contribution in [2.75, 3.05) is 6.61 Å². The van der Waals surface area contributed by atoms with Gasteiger partial charge in [-0.3, -0.25) is 0 Å². The van der Waals surface area contributed by atoms with Crippen molar-refractivity contribution < 1.29 is 23.1 Å². The van der Waals surface area contributed by atoms with Gasteiger partial charge in [-0.2, -0.15) is 13.5 Å². The number of hydrogen-bond acceptors (Lipinski definition) is 5. The minimum atomic E-state index is -3.83. The molecule has 0 unspecified atom stereocenters. The third-order valence-corrected chi connectivity index (χ3v) is 5.24. The van der Waals surface area contributed by atoms with Gasteiger partial charge in [-0.1, -0.05) is 41.9 Å². The lowest BCUT2D eigenvalue weighted by molar-refractivity contribution is -0.139. The van der Waals surface area contributed by atoms with Crippen LogP contribution in [0.25, 0.3) is 10.8 Å². The van der Waals surface area contributed by atoms with Gasteiger partial charge in [-0.15, -0.1) is 0 Å². The molecule has 0 radical (unpaired) electrons. The Kier molecular flexibility index (Phi) is 5.81. The number of carbonyl (C=O) groups is 1. The molecule has 0 aliphatic heterocycles. The molecule has 7 nitrogen and oxygen atoms in total. The molecule has 3 aromatic rings. The molecule has 0 aliphatic rings. The number of nitrogens with one attached hydrogen (secondary N) is 1. The van der Waals surface area contributed by atoms with Crippen molar-refractivity contribution >= 4 is 44.6 Å². The molecule has 28 heavy (non-hydrogen) atoms. The number of carboxylic acid groups (broad SMARTS) is 1. The zero-order chi connectivity index (χ0) is 20.1. The molecule has 0 spiro atoms. The summed E-state index contributed by atoms with van der Waals surface area (Å²) in [6.45, 7) is -0.515. The first-order valence-corrected chi connectivity index (χ1v) is 9.89. The fraction of sp³-hybridized carbons (Fsp3) is 0.0526. The van der Waals surface area contributed by atoms with Gasteiger partial charge in [0.25, 0.3) is 10.0 Å². The number of carboxylic acids is 1. The van der Waals surface area contributed by atoms with Crippen LogP contribution in [-0.4, -0.2) is 32.3 Å². The van der Waals surface area contributed by atoms with Crippen molar-refractivity contribution in [3.8, 4) is 5.75 Å². The van der Waals surface area contributed by atoms with Gasteiger partial charge in [0.2, 0.25) is 0 Å². The Morgan fingerprint density at radius 1 is 1.11 bits per heavy atom. The van der Waals surface area contributed by atoms with Crippen molar-refractivity contribution in [1.82, 2.24) is 4.83 Å². The van der Waals surface area contributed by atoms with Crippen LogP contribution < -0.4 is 9.57 Å². The average Bonchev–Trinajstić information content (AvgIpc) is 2.66. The van der Waals surface area contributed by atoms with E-state index >= 15 is 0 Å². The van der Waals surface area contributed by atoms with Crippen molar-refractivity contribution in [2.45, 2.75) is 4.90 Å². The molecule has 3 aromatic carbocycles. The normalized spacial score (nSPS) is 11.6. The van der Waals surface area contributed by atoms with Crippen LogP contribution in [0, 0.1) is 0 Å². The fourth-order valence-electron chi connectivity index (χ4n) is 2.41. The first-order valence-electron chi connectivity index (χ1n) is 8.03. The average molecular weight is 419 g/mol. The molecule has 0 aliphatic carbocycles. The standard InChI is InChI=1S/C19H15ClN2O5S/c20-17-9-13(5-8-18(17)27-12-19(23)24)11-21-22-28(25,26)16-7-6-14-3-1-2-4-15(14)10-16/h1-11,22H,12H2,(H,23,24)/b21-11-. The third kappa shape index (κ3) is 4.79. The zero-order valence-corrected chi connectivity index (χ0v) is 15.9. The van der Waals surface area contributed by atoms with E-state index in [1.165, 1.54) is 24.4 Å². The molecule has 0 heterocycles. The van der Waals surface area contributed by atoms with Gasteiger partial charge in [0.15, 0.2) is 6.61 Å². The summed E-state index contributed by atoms with van der Waals surface area (Å²) in [5, 5.41) is 14.3. The number of fused-ring (bicyclic) bond motifs is 1. The largest absolute Gasteiger partial charge is 0.480 e. The molecule has 0 saturated heterocycles. The van der Waals surface area contributed by atoms with E-state index in [1.807, 2.05) is 24.3 Å². The van der Waals surface area contributed by atoms with Crippen molar-refractivity contribution in [1.29, 1.82) is 0 Å². The highest BCUT2D eigenvalue weighted by molar-refractivity contribution is 7.89. The Balaban J connectivity index is 1.72. The van der Waals surface area contributed by atoms with E-state index in [0.29, 0.717) is 5.56 Å². The van der Waals surface area contributed by atoms with Gasteiger partial charge in [0, 0.05) is 0 Å². The van der Waals surface area contributed by atoms with Crippen LogP contribution in [0.3, 0.4) is 0 Å². The lowest BCUT2D eigenvalue weighted by Crippen LogP contribution is -2.18. The highest BCUT2D eigenvalue weighted by atomic mass is 35.5. The number of aliphatic carboxylic acids is 1. The van der Waals surface area contributed by atoms with Crippen molar-refractivity contribution in [2.24, 2.45) is 5.10 Å². The number of hydrogen-bond donors (Lipinski definition) is 2. The summed E-state index contributed by atoms with van der Waals surface area (Å²) in [7, 11) is -3.83. The van der Waals surface area contributed by atoms with E-state index in [0.717, 1.165) is 10.8 Å². The summed E-state index contributed by atoms with van der Waals surface area (Å²) in [4.78, 5) is 12.8. The SMILES string of the molecule is O=C(O)COc1ccc(/C=N\NS(=O)(=O)c2ccc3ccccc3c2)cc1Cl. The number of benzene rings is 3. The molecule has 0 bridgehead atoms. The predicted octanol–water partition coefficient (Wildman–Crippen LogP) is 3.27. The smallest absolute Gasteiger partial charge is 0.341 e. The van der Waals surface area contributed by atoms with Crippen LogP contribution in [0.2, 0.25) is 5.02 Å². The van der Waals surface area contributed by atoms with E-state index in [1.54, 1.807) is 18.2 Å². The van der Waals surface area contributed by atoms with Crippen molar-refractivity contribution in [3.05, 3.63) is 71.2 Å². The van der Waals surface area contributed by atoms with E-state index in [2.05, 4.69) is 9.93 Å². The Labute approximate surface area is 166 Å². The van der Waals surface area contributed by atoms with E-state index in [4.69, 9.17) is 21.4 Å². The molecule has 3 rings (SSSR count). The Morgan fingerprint density at radius 2 is 1.86 bits per heavy atom. The second-order valence-electron chi connectivity index (χ2n) is 5.73. The maximum Gasteiger partial charge on any atom is 0.341 e. The summed E-state index contributed by atoms with van der Waals surface area (Å²) in [6.07, 6.45) is 1.28. The number of nitrogens with zero attached hydrogens (tertiary/aromatic N) is 1. The monoisotopic (exact) mass is 418 g/mol. The van der Waals surface area contributed by atoms with Gasteiger partial charge >= 0.3 is 5.97 Å². The Bertz CT molecular complexity index is 1160. The number of ether oxygens (including phenoxy) is 1. The molecule has 0 fully saturated rings. The Morgan fingerprint density at radius 3 is 2.57 bits per heavy atom. The van der Waals surface area contributed by atoms with Crippen LogP contribution in [0.4, 0.5) is 0 Å². The summed E-state index contributed by atoms with van der Waals surface area (Å²) in [6, 6.07) is 16.7. The first kappa shape index (κ1) is 19.7. The Hall–Kier alpha value is -3.10. The van der Waals surface area contributed by atoms with E-state index in [-0.39, 0.29) is 15.7 Å². The molecule has 0 amide bonds. The lowest BCUT2D eigenvalue weighted by Gasteiger charge is -2.06. The van der Waals surface area contributed by atoms with E-state index < -0.39 is 22.6 Å². The minimum Gasteiger partial charge on any atom is -0.480 e. The lowest BCUT2D eigenvalue weighted by atomic mass is 10.1. The molecule has 0 saturated carbocycles. The number of sulfonamides is 1. The maximum atomic E-state index is 12.4. The highest BCUT2D eigenvalue weighted by Gasteiger charge is 2.13. The summed E-state index contributed by atoms with van der Waals surface area (Å²) < 4.78 is 29.8. The molecule has 2 N–H and O–H groups in total. The van der Waals surface area contributed by atoms with Gasteiger partial charge in [0.05, 0.1) is 16.1 Å². The maximum absolute atomic E-state index is 12.4. The molecule has 144 valence electrons. The van der Waals surface area contributed by atoms with Crippen molar-refractivity contribution in [3.63, 3.8) is 0 Å². The van der Waals surface area contributed by atoms with Gasteiger partial charge in [-0.25, -0.2) is 9.63 Å². The summed E-state index contributed by atoms with van der Waals surface area (Å²) in [5.41, 5.74) is 0.508. The zero-order valence-electron chi connectivity index (χ0n) is 14.4. The van der Waals surface area contributed by atoms with Crippen LogP contribution in [-0.2, 0) is 14.8 Å². The molecule has 0 aromatic heterocycles.